The number of cyclic esters (lactones) is 2. The molecule has 1 heterocycles. The Hall–Kier alpha value is -1.70. The van der Waals surface area contributed by atoms with E-state index in [9.17, 15) is 14.7 Å². The predicted octanol–water partition coefficient (Wildman–Crippen LogP) is 1.11. The molecule has 0 fully saturated rings. The summed E-state index contributed by atoms with van der Waals surface area (Å²) in [5.41, 5.74) is 0. The second-order valence-corrected chi connectivity index (χ2v) is 5.29. The summed E-state index contributed by atoms with van der Waals surface area (Å²) >= 11 is 0. The van der Waals surface area contributed by atoms with Crippen molar-refractivity contribution < 1.29 is 33.6 Å². The second kappa shape index (κ2) is 10.1. The minimum Gasteiger partial charge on any atom is -0.460 e. The number of esters is 2. The Bertz CT molecular complexity index is 444. The van der Waals surface area contributed by atoms with E-state index in [1.54, 1.807) is 13.0 Å². The average molecular weight is 328 g/mol. The van der Waals surface area contributed by atoms with Crippen LogP contribution in [-0.4, -0.2) is 55.4 Å². The number of methoxy groups -OCH3 is 1. The van der Waals surface area contributed by atoms with E-state index < -0.39 is 24.1 Å². The molecule has 130 valence electrons. The highest BCUT2D eigenvalue weighted by molar-refractivity contribution is 5.83. The Morgan fingerprint density at radius 1 is 1.13 bits per heavy atom. The van der Waals surface area contributed by atoms with Crippen molar-refractivity contribution in [2.75, 3.05) is 13.9 Å². The molecule has 7 heteroatoms. The number of carbonyl (C=O) groups is 2. The Balaban J connectivity index is 2.83. The lowest BCUT2D eigenvalue weighted by molar-refractivity contribution is -0.146. The third kappa shape index (κ3) is 7.92. The highest BCUT2D eigenvalue weighted by Crippen LogP contribution is 2.11. The highest BCUT2D eigenvalue weighted by atomic mass is 16.7. The van der Waals surface area contributed by atoms with Crippen molar-refractivity contribution in [1.29, 1.82) is 0 Å². The van der Waals surface area contributed by atoms with Gasteiger partial charge < -0.3 is 24.1 Å². The summed E-state index contributed by atoms with van der Waals surface area (Å²) in [7, 11) is 1.50. The first kappa shape index (κ1) is 19.3. The summed E-state index contributed by atoms with van der Waals surface area (Å²) in [5, 5.41) is 9.82. The molecule has 0 aromatic rings. The molecule has 1 aliphatic rings. The van der Waals surface area contributed by atoms with Gasteiger partial charge in [-0.05, 0) is 38.8 Å². The van der Waals surface area contributed by atoms with Crippen LogP contribution in [0.3, 0.4) is 0 Å². The first-order valence-electron chi connectivity index (χ1n) is 7.48. The van der Waals surface area contributed by atoms with E-state index in [1.807, 2.05) is 0 Å². The molecular formula is C16H24O7. The van der Waals surface area contributed by atoms with Gasteiger partial charge in [0.05, 0.1) is 12.2 Å². The zero-order valence-corrected chi connectivity index (χ0v) is 13.6. The molecule has 0 saturated heterocycles. The first-order valence-corrected chi connectivity index (χ1v) is 7.48. The van der Waals surface area contributed by atoms with E-state index in [-0.39, 0.29) is 19.0 Å². The van der Waals surface area contributed by atoms with Gasteiger partial charge in [-0.25, -0.2) is 9.59 Å². The van der Waals surface area contributed by atoms with Crippen LogP contribution >= 0.6 is 0 Å². The number of hydrogen-bond donors (Lipinski definition) is 1. The van der Waals surface area contributed by atoms with Crippen LogP contribution in [0.15, 0.2) is 24.3 Å². The van der Waals surface area contributed by atoms with E-state index in [1.165, 1.54) is 26.2 Å². The van der Waals surface area contributed by atoms with Crippen LogP contribution in [0, 0.1) is 0 Å². The molecule has 7 nitrogen and oxygen atoms in total. The third-order valence-electron chi connectivity index (χ3n) is 3.23. The van der Waals surface area contributed by atoms with Crippen LogP contribution in [0.25, 0.3) is 0 Å². The van der Waals surface area contributed by atoms with Gasteiger partial charge in [0.1, 0.15) is 19.0 Å². The standard InChI is InChI=1S/C16H24O7/c1-11-4-5-13(21-10-20-3)6-8-16(19)23-12(2)14(17)7-9-15(18)22-11/h6-9,11-14,17H,4-5,10H2,1-3H3/b8-6+,9-7+/t11-,12-,13-,14+/m0/s1. The fourth-order valence-electron chi connectivity index (χ4n) is 1.90. The number of ether oxygens (including phenoxy) is 4. The fraction of sp³-hybridized carbons (Fsp3) is 0.625. The van der Waals surface area contributed by atoms with Gasteiger partial charge in [0.25, 0.3) is 0 Å². The van der Waals surface area contributed by atoms with Gasteiger partial charge in [0.2, 0.25) is 0 Å². The van der Waals surface area contributed by atoms with Crippen molar-refractivity contribution in [2.45, 2.75) is 51.1 Å². The summed E-state index contributed by atoms with van der Waals surface area (Å²) in [6.45, 7) is 3.37. The Morgan fingerprint density at radius 3 is 2.48 bits per heavy atom. The topological polar surface area (TPSA) is 91.3 Å². The van der Waals surface area contributed by atoms with E-state index in [4.69, 9.17) is 18.9 Å². The number of aliphatic hydroxyl groups excluding tert-OH is 1. The lowest BCUT2D eigenvalue weighted by atomic mass is 10.1. The van der Waals surface area contributed by atoms with Crippen molar-refractivity contribution in [3.8, 4) is 0 Å². The molecule has 0 bridgehead atoms. The van der Waals surface area contributed by atoms with Gasteiger partial charge in [0.15, 0.2) is 0 Å². The molecule has 1 aliphatic heterocycles. The molecule has 0 aromatic carbocycles. The van der Waals surface area contributed by atoms with Crippen molar-refractivity contribution in [1.82, 2.24) is 0 Å². The van der Waals surface area contributed by atoms with Crippen LogP contribution in [0.5, 0.6) is 0 Å². The summed E-state index contributed by atoms with van der Waals surface area (Å²) in [6, 6.07) is 0. The van der Waals surface area contributed by atoms with Crippen LogP contribution in [0.4, 0.5) is 0 Å². The lowest BCUT2D eigenvalue weighted by Crippen LogP contribution is -2.27. The minimum atomic E-state index is -1.10. The van der Waals surface area contributed by atoms with E-state index in [0.29, 0.717) is 12.8 Å². The van der Waals surface area contributed by atoms with Gasteiger partial charge in [-0.3, -0.25) is 0 Å². The molecule has 23 heavy (non-hydrogen) atoms. The maximum atomic E-state index is 11.7. The fourth-order valence-corrected chi connectivity index (χ4v) is 1.90. The molecule has 1 N–H and O–H groups in total. The van der Waals surface area contributed by atoms with E-state index in [2.05, 4.69) is 0 Å². The third-order valence-corrected chi connectivity index (χ3v) is 3.23. The lowest BCUT2D eigenvalue weighted by Gasteiger charge is -2.19. The van der Waals surface area contributed by atoms with Gasteiger partial charge in [0, 0.05) is 19.3 Å². The van der Waals surface area contributed by atoms with Gasteiger partial charge in [-0.2, -0.15) is 0 Å². The SMILES string of the molecule is COCO[C@@H]1/C=C/C(=O)O[C@@H](C)[C@H](O)/C=C/C(=O)O[C@@H](C)CC1. The number of carbonyl (C=O) groups excluding carboxylic acids is 2. The quantitative estimate of drug-likeness (QED) is 0.613. The summed E-state index contributed by atoms with van der Waals surface area (Å²) in [6.07, 6.45) is 3.70. The van der Waals surface area contributed by atoms with Gasteiger partial charge in [-0.1, -0.05) is 0 Å². The Morgan fingerprint density at radius 2 is 1.78 bits per heavy atom. The summed E-state index contributed by atoms with van der Waals surface area (Å²) in [5.74, 6) is -1.15. The minimum absolute atomic E-state index is 0.0794. The van der Waals surface area contributed by atoms with Crippen LogP contribution in [0.1, 0.15) is 26.7 Å². The van der Waals surface area contributed by atoms with E-state index >= 15 is 0 Å². The molecule has 0 aromatic heterocycles. The van der Waals surface area contributed by atoms with Gasteiger partial charge in [-0.15, -0.1) is 0 Å². The zero-order chi connectivity index (χ0) is 17.2. The number of aliphatic hydroxyl groups is 1. The molecule has 0 amide bonds. The highest BCUT2D eigenvalue weighted by Gasteiger charge is 2.18. The van der Waals surface area contributed by atoms with Crippen LogP contribution in [-0.2, 0) is 28.5 Å². The maximum Gasteiger partial charge on any atom is 0.330 e. The molecule has 1 rings (SSSR count). The Labute approximate surface area is 135 Å². The van der Waals surface area contributed by atoms with Crippen molar-refractivity contribution in [3.63, 3.8) is 0 Å². The van der Waals surface area contributed by atoms with Crippen molar-refractivity contribution in [2.24, 2.45) is 0 Å². The molecular weight excluding hydrogens is 304 g/mol. The first-order chi connectivity index (χ1) is 10.9. The van der Waals surface area contributed by atoms with Crippen molar-refractivity contribution >= 4 is 11.9 Å². The maximum absolute atomic E-state index is 11.7. The summed E-state index contributed by atoms with van der Waals surface area (Å²) < 4.78 is 20.5. The molecule has 4 atom stereocenters. The predicted molar refractivity (Wildman–Crippen MR) is 81.4 cm³/mol. The molecule has 0 spiro atoms. The summed E-state index contributed by atoms with van der Waals surface area (Å²) in [4.78, 5) is 23.4. The largest absolute Gasteiger partial charge is 0.460 e. The molecule has 0 saturated carbocycles. The molecule has 0 unspecified atom stereocenters. The van der Waals surface area contributed by atoms with Crippen LogP contribution < -0.4 is 0 Å². The number of rotatable bonds is 3. The smallest absolute Gasteiger partial charge is 0.330 e. The van der Waals surface area contributed by atoms with Gasteiger partial charge >= 0.3 is 11.9 Å². The average Bonchev–Trinajstić information content (AvgIpc) is 2.50. The Kier molecular flexibility index (Phi) is 8.53. The van der Waals surface area contributed by atoms with Crippen molar-refractivity contribution in [3.05, 3.63) is 24.3 Å². The monoisotopic (exact) mass is 328 g/mol. The second-order valence-electron chi connectivity index (χ2n) is 5.29. The van der Waals surface area contributed by atoms with E-state index in [0.717, 1.165) is 6.08 Å². The number of hydrogen-bond acceptors (Lipinski definition) is 7. The zero-order valence-electron chi connectivity index (χ0n) is 13.6. The molecule has 0 aliphatic carbocycles. The molecule has 0 radical (unpaired) electrons. The normalized spacial score (nSPS) is 33.2. The van der Waals surface area contributed by atoms with Crippen LogP contribution in [0.2, 0.25) is 0 Å².